The highest BCUT2D eigenvalue weighted by Gasteiger charge is 2.15. The van der Waals surface area contributed by atoms with Gasteiger partial charge in [-0.15, -0.1) is 0 Å². The molecule has 0 atom stereocenters. The van der Waals surface area contributed by atoms with E-state index in [2.05, 4.69) is 28.4 Å². The Balaban J connectivity index is 2.63. The van der Waals surface area contributed by atoms with Gasteiger partial charge in [0, 0.05) is 20.1 Å². The minimum absolute atomic E-state index is 0.933. The van der Waals surface area contributed by atoms with E-state index in [9.17, 15) is 0 Å². The van der Waals surface area contributed by atoms with E-state index in [1.165, 1.54) is 0 Å². The van der Waals surface area contributed by atoms with Gasteiger partial charge in [-0.1, -0.05) is 6.58 Å². The van der Waals surface area contributed by atoms with E-state index < -0.39 is 0 Å². The normalized spacial score (nSPS) is 24.2. The van der Waals surface area contributed by atoms with E-state index in [4.69, 9.17) is 0 Å². The Labute approximate surface area is 68.0 Å². The van der Waals surface area contributed by atoms with Crippen molar-refractivity contribution in [1.82, 2.24) is 9.80 Å². The average molecular weight is 153 g/mol. The molecule has 0 spiro atoms. The summed E-state index contributed by atoms with van der Waals surface area (Å²) in [5.41, 5.74) is 0. The first-order valence-corrected chi connectivity index (χ1v) is 3.81. The third-order valence-electron chi connectivity index (χ3n) is 1.94. The molecule has 0 N–H and O–H groups in total. The summed E-state index contributed by atoms with van der Waals surface area (Å²) in [5.74, 6) is 1.11. The number of amidine groups is 1. The van der Waals surface area contributed by atoms with Crippen molar-refractivity contribution in [2.24, 2.45) is 4.99 Å². The molecule has 3 heteroatoms. The summed E-state index contributed by atoms with van der Waals surface area (Å²) in [4.78, 5) is 8.53. The lowest BCUT2D eigenvalue weighted by Gasteiger charge is -2.32. The molecule has 11 heavy (non-hydrogen) atoms. The second kappa shape index (κ2) is 3.53. The van der Waals surface area contributed by atoms with Crippen LogP contribution in [0.5, 0.6) is 0 Å². The molecule has 3 nitrogen and oxygen atoms in total. The molecule has 0 aromatic heterocycles. The quantitative estimate of drug-likeness (QED) is 0.543. The third-order valence-corrected chi connectivity index (χ3v) is 1.94. The molecule has 1 fully saturated rings. The van der Waals surface area contributed by atoms with Crippen molar-refractivity contribution in [2.45, 2.75) is 0 Å². The maximum Gasteiger partial charge on any atom is 0.117 e. The predicted molar refractivity (Wildman–Crippen MR) is 47.8 cm³/mol. The number of piperazine rings is 1. The summed E-state index contributed by atoms with van der Waals surface area (Å²) >= 11 is 0. The SMILES string of the molecule is C=CN1CCN(C)CC1=NC. The van der Waals surface area contributed by atoms with Gasteiger partial charge >= 0.3 is 0 Å². The molecule has 0 radical (unpaired) electrons. The van der Waals surface area contributed by atoms with E-state index in [1.807, 2.05) is 13.2 Å². The standard InChI is InChI=1S/C8H15N3/c1-4-11-6-5-10(3)7-8(11)9-2/h4H,1,5-7H2,2-3H3. The lowest BCUT2D eigenvalue weighted by Crippen LogP contribution is -2.46. The molecule has 1 saturated heterocycles. The Morgan fingerprint density at radius 3 is 2.82 bits per heavy atom. The van der Waals surface area contributed by atoms with Gasteiger partial charge < -0.3 is 4.90 Å². The third kappa shape index (κ3) is 1.80. The van der Waals surface area contributed by atoms with Crippen LogP contribution in [0, 0.1) is 0 Å². The number of aliphatic imine (C=N–C) groups is 1. The van der Waals surface area contributed by atoms with Crippen molar-refractivity contribution >= 4 is 5.84 Å². The molecule has 1 rings (SSSR count). The fourth-order valence-corrected chi connectivity index (χ4v) is 1.21. The summed E-state index contributed by atoms with van der Waals surface area (Å²) in [6.07, 6.45) is 1.84. The zero-order valence-electron chi connectivity index (χ0n) is 7.25. The zero-order valence-corrected chi connectivity index (χ0v) is 7.25. The van der Waals surface area contributed by atoms with Crippen molar-refractivity contribution in [3.8, 4) is 0 Å². The highest BCUT2D eigenvalue weighted by molar-refractivity contribution is 5.85. The van der Waals surface area contributed by atoms with Crippen molar-refractivity contribution in [1.29, 1.82) is 0 Å². The molecule has 1 aliphatic rings. The van der Waals surface area contributed by atoms with Crippen LogP contribution in [-0.2, 0) is 0 Å². The summed E-state index contributed by atoms with van der Waals surface area (Å²) < 4.78 is 0. The van der Waals surface area contributed by atoms with E-state index in [1.54, 1.807) is 0 Å². The first kappa shape index (κ1) is 8.27. The van der Waals surface area contributed by atoms with E-state index in [0.29, 0.717) is 0 Å². The molecule has 0 aromatic rings. The first-order valence-electron chi connectivity index (χ1n) is 3.81. The number of rotatable bonds is 1. The molecule has 0 bridgehead atoms. The van der Waals surface area contributed by atoms with E-state index in [0.717, 1.165) is 25.5 Å². The Bertz CT molecular complexity index is 174. The minimum Gasteiger partial charge on any atom is -0.335 e. The Morgan fingerprint density at radius 2 is 2.27 bits per heavy atom. The van der Waals surface area contributed by atoms with Gasteiger partial charge in [-0.2, -0.15) is 0 Å². The van der Waals surface area contributed by atoms with Gasteiger partial charge in [-0.3, -0.25) is 9.89 Å². The summed E-state index contributed by atoms with van der Waals surface area (Å²) in [6, 6.07) is 0. The summed E-state index contributed by atoms with van der Waals surface area (Å²) in [5, 5.41) is 0. The molecule has 62 valence electrons. The minimum atomic E-state index is 0.933. The van der Waals surface area contributed by atoms with Crippen LogP contribution in [0.4, 0.5) is 0 Å². The molecular formula is C8H15N3. The number of likely N-dealkylation sites (N-methyl/N-ethyl adjacent to an activating group) is 1. The fourth-order valence-electron chi connectivity index (χ4n) is 1.21. The van der Waals surface area contributed by atoms with Crippen LogP contribution in [0.15, 0.2) is 17.8 Å². The largest absolute Gasteiger partial charge is 0.335 e. The highest BCUT2D eigenvalue weighted by atomic mass is 15.3. The molecule has 0 saturated carbocycles. The van der Waals surface area contributed by atoms with Crippen LogP contribution < -0.4 is 0 Å². The van der Waals surface area contributed by atoms with Gasteiger partial charge in [0.25, 0.3) is 0 Å². The van der Waals surface area contributed by atoms with Crippen molar-refractivity contribution in [3.05, 3.63) is 12.8 Å². The number of hydrogen-bond donors (Lipinski definition) is 0. The fraction of sp³-hybridized carbons (Fsp3) is 0.625. The van der Waals surface area contributed by atoms with Crippen molar-refractivity contribution in [2.75, 3.05) is 33.7 Å². The Hall–Kier alpha value is -0.830. The topological polar surface area (TPSA) is 18.8 Å². The van der Waals surface area contributed by atoms with Crippen LogP contribution >= 0.6 is 0 Å². The Kier molecular flexibility index (Phi) is 2.65. The Morgan fingerprint density at radius 1 is 1.55 bits per heavy atom. The first-order chi connectivity index (χ1) is 5.27. The molecule has 0 aromatic carbocycles. The molecule has 0 aliphatic carbocycles. The second-order valence-corrected chi connectivity index (χ2v) is 2.75. The van der Waals surface area contributed by atoms with Crippen LogP contribution in [-0.4, -0.2) is 49.4 Å². The van der Waals surface area contributed by atoms with Crippen LogP contribution in [0.2, 0.25) is 0 Å². The van der Waals surface area contributed by atoms with Gasteiger partial charge in [0.05, 0.1) is 6.54 Å². The summed E-state index contributed by atoms with van der Waals surface area (Å²) in [6.45, 7) is 6.76. The van der Waals surface area contributed by atoms with Crippen LogP contribution in [0.25, 0.3) is 0 Å². The second-order valence-electron chi connectivity index (χ2n) is 2.75. The average Bonchev–Trinajstić information content (AvgIpc) is 2.04. The van der Waals surface area contributed by atoms with Gasteiger partial charge in [-0.05, 0) is 13.2 Å². The van der Waals surface area contributed by atoms with Crippen LogP contribution in [0.1, 0.15) is 0 Å². The molecule has 0 unspecified atom stereocenters. The monoisotopic (exact) mass is 153 g/mol. The zero-order chi connectivity index (χ0) is 8.27. The van der Waals surface area contributed by atoms with Crippen molar-refractivity contribution in [3.63, 3.8) is 0 Å². The lowest BCUT2D eigenvalue weighted by atomic mass is 10.3. The maximum atomic E-state index is 4.18. The van der Waals surface area contributed by atoms with Gasteiger partial charge in [0.2, 0.25) is 0 Å². The smallest absolute Gasteiger partial charge is 0.117 e. The van der Waals surface area contributed by atoms with Gasteiger partial charge in [-0.25, -0.2) is 0 Å². The molecule has 0 amide bonds. The lowest BCUT2D eigenvalue weighted by molar-refractivity contribution is 0.302. The maximum absolute atomic E-state index is 4.18. The van der Waals surface area contributed by atoms with Gasteiger partial charge in [0.15, 0.2) is 0 Å². The van der Waals surface area contributed by atoms with E-state index >= 15 is 0 Å². The molecular weight excluding hydrogens is 138 g/mol. The predicted octanol–water partition coefficient (Wildman–Crippen LogP) is 0.406. The van der Waals surface area contributed by atoms with Gasteiger partial charge in [0.1, 0.15) is 5.84 Å². The van der Waals surface area contributed by atoms with Crippen molar-refractivity contribution < 1.29 is 0 Å². The summed E-state index contributed by atoms with van der Waals surface area (Å²) in [7, 11) is 3.93. The van der Waals surface area contributed by atoms with E-state index in [-0.39, 0.29) is 0 Å². The number of nitrogens with zero attached hydrogens (tertiary/aromatic N) is 3. The van der Waals surface area contributed by atoms with Crippen LogP contribution in [0.3, 0.4) is 0 Å². The molecule has 1 heterocycles. The molecule has 1 aliphatic heterocycles. The highest BCUT2D eigenvalue weighted by Crippen LogP contribution is 2.01. The number of hydrogen-bond acceptors (Lipinski definition) is 2.